The van der Waals surface area contributed by atoms with Gasteiger partial charge in [0.2, 0.25) is 0 Å². The minimum absolute atomic E-state index is 0.0667. The van der Waals surface area contributed by atoms with E-state index in [0.717, 1.165) is 55.6 Å². The summed E-state index contributed by atoms with van der Waals surface area (Å²) in [6.07, 6.45) is 5.67. The summed E-state index contributed by atoms with van der Waals surface area (Å²) in [5, 5.41) is 0.983. The first-order chi connectivity index (χ1) is 17.1. The van der Waals surface area contributed by atoms with Gasteiger partial charge in [0.25, 0.3) is 11.8 Å². The average Bonchev–Trinajstić information content (AvgIpc) is 3.54. The molecule has 7 heteroatoms. The quantitative estimate of drug-likeness (QED) is 0.469. The van der Waals surface area contributed by atoms with Crippen LogP contribution in [0, 0.1) is 17.7 Å². The van der Waals surface area contributed by atoms with Crippen molar-refractivity contribution in [3.63, 3.8) is 0 Å². The summed E-state index contributed by atoms with van der Waals surface area (Å²) in [5.41, 5.74) is 3.20. The van der Waals surface area contributed by atoms with E-state index in [2.05, 4.69) is 4.98 Å². The second-order valence-electron chi connectivity index (χ2n) is 9.62. The highest BCUT2D eigenvalue weighted by atomic mass is 19.1. The summed E-state index contributed by atoms with van der Waals surface area (Å²) < 4.78 is 15.3. The number of rotatable bonds is 4. The molecule has 2 aliphatic heterocycles. The van der Waals surface area contributed by atoms with Gasteiger partial charge in [-0.2, -0.15) is 0 Å². The van der Waals surface area contributed by atoms with Gasteiger partial charge in [-0.25, -0.2) is 4.39 Å². The SMILES string of the molecule is O=C(c1ccc2c(ccn2-c2ccc(F)cc2)c1)N1CCC(C2CN(C(=O)c3ccc[nH]3)C2)CC1. The largest absolute Gasteiger partial charge is 0.357 e. The van der Waals surface area contributed by atoms with Gasteiger partial charge in [0.05, 0.1) is 5.52 Å². The minimum Gasteiger partial charge on any atom is -0.357 e. The highest BCUT2D eigenvalue weighted by molar-refractivity contribution is 5.98. The van der Waals surface area contributed by atoms with Crippen LogP contribution in [-0.2, 0) is 0 Å². The van der Waals surface area contributed by atoms with Crippen molar-refractivity contribution in [2.45, 2.75) is 12.8 Å². The third kappa shape index (κ3) is 4.01. The zero-order valence-electron chi connectivity index (χ0n) is 19.4. The van der Waals surface area contributed by atoms with E-state index in [1.165, 1.54) is 12.1 Å². The van der Waals surface area contributed by atoms with Crippen LogP contribution < -0.4 is 0 Å². The van der Waals surface area contributed by atoms with Crippen molar-refractivity contribution in [3.8, 4) is 5.69 Å². The van der Waals surface area contributed by atoms with Gasteiger partial charge in [-0.1, -0.05) is 0 Å². The van der Waals surface area contributed by atoms with E-state index in [-0.39, 0.29) is 17.6 Å². The molecule has 1 N–H and O–H groups in total. The number of piperidine rings is 1. The third-order valence-corrected chi connectivity index (χ3v) is 7.56. The molecule has 2 aromatic carbocycles. The van der Waals surface area contributed by atoms with E-state index in [1.807, 2.05) is 57.0 Å². The molecular formula is C28H27FN4O2. The number of aromatic amines is 1. The van der Waals surface area contributed by atoms with Crippen molar-refractivity contribution in [3.05, 3.63) is 90.1 Å². The maximum atomic E-state index is 13.3. The van der Waals surface area contributed by atoms with Crippen LogP contribution in [0.25, 0.3) is 16.6 Å². The number of carbonyl (C=O) groups excluding carboxylic acids is 2. The molecule has 35 heavy (non-hydrogen) atoms. The standard InChI is InChI=1S/C28H27FN4O2/c29-23-4-6-24(7-5-23)33-15-11-20-16-21(3-8-26(20)33)27(34)31-13-9-19(10-14-31)22-17-32(18-22)28(35)25-2-1-12-30-25/h1-8,11-12,15-16,19,22,30H,9-10,13-14,17-18H2. The van der Waals surface area contributed by atoms with Gasteiger partial charge >= 0.3 is 0 Å². The van der Waals surface area contributed by atoms with Gasteiger partial charge < -0.3 is 19.4 Å². The van der Waals surface area contributed by atoms with Crippen molar-refractivity contribution in [2.75, 3.05) is 26.2 Å². The van der Waals surface area contributed by atoms with E-state index in [0.29, 0.717) is 23.1 Å². The van der Waals surface area contributed by atoms with Gasteiger partial charge in [-0.05, 0) is 85.3 Å². The molecule has 0 atom stereocenters. The first kappa shape index (κ1) is 21.6. The number of amides is 2. The van der Waals surface area contributed by atoms with Crippen LogP contribution in [0.1, 0.15) is 33.7 Å². The number of nitrogens with zero attached hydrogens (tertiary/aromatic N) is 3. The number of benzene rings is 2. The Kier molecular flexibility index (Phi) is 5.40. The van der Waals surface area contributed by atoms with Crippen LogP contribution in [0.3, 0.4) is 0 Å². The smallest absolute Gasteiger partial charge is 0.270 e. The molecule has 4 heterocycles. The summed E-state index contributed by atoms with van der Waals surface area (Å²) in [5.74, 6) is 0.953. The minimum atomic E-state index is -0.262. The molecule has 2 aliphatic rings. The molecule has 2 aromatic heterocycles. The summed E-state index contributed by atoms with van der Waals surface area (Å²) in [4.78, 5) is 32.5. The maximum absolute atomic E-state index is 13.3. The lowest BCUT2D eigenvalue weighted by Gasteiger charge is -2.46. The van der Waals surface area contributed by atoms with Crippen LogP contribution in [0.15, 0.2) is 73.1 Å². The fourth-order valence-electron chi connectivity index (χ4n) is 5.47. The van der Waals surface area contributed by atoms with Crippen LogP contribution >= 0.6 is 0 Å². The molecule has 6 rings (SSSR count). The number of fused-ring (bicyclic) bond motifs is 1. The number of aromatic nitrogens is 2. The molecule has 2 amide bonds. The molecular weight excluding hydrogens is 443 g/mol. The summed E-state index contributed by atoms with van der Waals surface area (Å²) in [7, 11) is 0. The number of H-pyrrole nitrogens is 1. The second-order valence-corrected chi connectivity index (χ2v) is 9.62. The molecule has 2 fully saturated rings. The van der Waals surface area contributed by atoms with Crippen LogP contribution in [0.4, 0.5) is 4.39 Å². The molecule has 2 saturated heterocycles. The Morgan fingerprint density at radius 1 is 0.857 bits per heavy atom. The normalized spacial score (nSPS) is 17.1. The Bertz CT molecular complexity index is 1360. The number of likely N-dealkylation sites (tertiary alicyclic amines) is 2. The second kappa shape index (κ2) is 8.73. The summed E-state index contributed by atoms with van der Waals surface area (Å²) >= 11 is 0. The zero-order valence-corrected chi connectivity index (χ0v) is 19.4. The van der Waals surface area contributed by atoms with Crippen molar-refractivity contribution >= 4 is 22.7 Å². The van der Waals surface area contributed by atoms with E-state index < -0.39 is 0 Å². The monoisotopic (exact) mass is 470 g/mol. The third-order valence-electron chi connectivity index (χ3n) is 7.56. The van der Waals surface area contributed by atoms with Crippen LogP contribution in [0.5, 0.6) is 0 Å². The number of nitrogens with one attached hydrogen (secondary N) is 1. The molecule has 178 valence electrons. The van der Waals surface area contributed by atoms with E-state index in [4.69, 9.17) is 0 Å². The molecule has 0 unspecified atom stereocenters. The summed E-state index contributed by atoms with van der Waals surface area (Å²) in [6, 6.07) is 17.8. The Morgan fingerprint density at radius 2 is 1.63 bits per heavy atom. The van der Waals surface area contributed by atoms with Gasteiger partial charge in [0.15, 0.2) is 0 Å². The Hall–Kier alpha value is -3.87. The number of halogens is 1. The molecule has 0 aliphatic carbocycles. The van der Waals surface area contributed by atoms with Crippen molar-refractivity contribution < 1.29 is 14.0 Å². The van der Waals surface area contributed by atoms with Gasteiger partial charge in [-0.3, -0.25) is 9.59 Å². The van der Waals surface area contributed by atoms with E-state index in [1.54, 1.807) is 18.3 Å². The first-order valence-electron chi connectivity index (χ1n) is 12.2. The number of hydrogen-bond acceptors (Lipinski definition) is 2. The lowest BCUT2D eigenvalue weighted by molar-refractivity contribution is 0.0225. The number of hydrogen-bond donors (Lipinski definition) is 1. The lowest BCUT2D eigenvalue weighted by Crippen LogP contribution is -2.54. The van der Waals surface area contributed by atoms with Gasteiger partial charge in [0.1, 0.15) is 11.5 Å². The first-order valence-corrected chi connectivity index (χ1v) is 12.2. The maximum Gasteiger partial charge on any atom is 0.270 e. The lowest BCUT2D eigenvalue weighted by atomic mass is 9.79. The Balaban J connectivity index is 1.07. The molecule has 0 saturated carbocycles. The topological polar surface area (TPSA) is 61.3 Å². The predicted molar refractivity (Wildman–Crippen MR) is 132 cm³/mol. The fourth-order valence-corrected chi connectivity index (χ4v) is 5.47. The highest BCUT2D eigenvalue weighted by Crippen LogP contribution is 2.33. The molecule has 0 spiro atoms. The van der Waals surface area contributed by atoms with Gasteiger partial charge in [-0.15, -0.1) is 0 Å². The molecule has 6 nitrogen and oxygen atoms in total. The molecule has 0 radical (unpaired) electrons. The summed E-state index contributed by atoms with van der Waals surface area (Å²) in [6.45, 7) is 3.11. The van der Waals surface area contributed by atoms with Crippen LogP contribution in [0.2, 0.25) is 0 Å². The van der Waals surface area contributed by atoms with Gasteiger partial charge in [0, 0.05) is 55.2 Å². The number of carbonyl (C=O) groups is 2. The van der Waals surface area contributed by atoms with Crippen molar-refractivity contribution in [2.24, 2.45) is 11.8 Å². The van der Waals surface area contributed by atoms with E-state index in [9.17, 15) is 14.0 Å². The molecule has 4 aromatic rings. The van der Waals surface area contributed by atoms with Crippen LogP contribution in [-0.4, -0.2) is 57.3 Å². The molecule has 0 bridgehead atoms. The van der Waals surface area contributed by atoms with Crippen molar-refractivity contribution in [1.82, 2.24) is 19.4 Å². The fraction of sp³-hybridized carbons (Fsp3) is 0.286. The highest BCUT2D eigenvalue weighted by Gasteiger charge is 2.38. The predicted octanol–water partition coefficient (Wildman–Crippen LogP) is 4.72. The Labute approximate surface area is 203 Å². The van der Waals surface area contributed by atoms with Crippen molar-refractivity contribution in [1.29, 1.82) is 0 Å². The van der Waals surface area contributed by atoms with E-state index >= 15 is 0 Å². The Morgan fingerprint density at radius 3 is 2.34 bits per heavy atom. The average molecular weight is 471 g/mol. The zero-order chi connectivity index (χ0) is 23.9.